The summed E-state index contributed by atoms with van der Waals surface area (Å²) >= 11 is 0. The second-order valence-electron chi connectivity index (χ2n) is 3.99. The molecule has 0 aliphatic rings. The van der Waals surface area contributed by atoms with Crippen molar-refractivity contribution in [1.82, 2.24) is 0 Å². The van der Waals surface area contributed by atoms with Crippen LogP contribution in [-0.2, 0) is 25.5 Å². The lowest BCUT2D eigenvalue weighted by Crippen LogP contribution is -2.10. The molecule has 5 nitrogen and oxygen atoms in total. The predicted molar refractivity (Wildman–Crippen MR) is 78.0 cm³/mol. The summed E-state index contributed by atoms with van der Waals surface area (Å²) < 4.78 is 15.1. The second-order valence-corrected chi connectivity index (χ2v) is 3.99. The lowest BCUT2D eigenvalue weighted by Gasteiger charge is -2.07. The number of rotatable bonds is 9. The van der Waals surface area contributed by atoms with E-state index >= 15 is 0 Å². The van der Waals surface area contributed by atoms with Gasteiger partial charge in [0.15, 0.2) is 0 Å². The van der Waals surface area contributed by atoms with Crippen molar-refractivity contribution in [2.24, 2.45) is 0 Å². The van der Waals surface area contributed by atoms with Crippen LogP contribution in [0.4, 0.5) is 0 Å². The van der Waals surface area contributed by atoms with Crippen LogP contribution >= 0.6 is 0 Å². The Labute approximate surface area is 123 Å². The van der Waals surface area contributed by atoms with Crippen molar-refractivity contribution in [3.05, 3.63) is 55.1 Å². The van der Waals surface area contributed by atoms with E-state index in [1.807, 2.05) is 12.1 Å². The van der Waals surface area contributed by atoms with Crippen LogP contribution in [-0.4, -0.2) is 31.8 Å². The van der Waals surface area contributed by atoms with Crippen molar-refractivity contribution in [3.8, 4) is 5.75 Å². The Hall–Kier alpha value is -2.56. The van der Waals surface area contributed by atoms with Gasteiger partial charge in [0.1, 0.15) is 19.0 Å². The zero-order valence-corrected chi connectivity index (χ0v) is 11.7. The summed E-state index contributed by atoms with van der Waals surface area (Å²) in [6.45, 7) is 7.37. The molecular weight excluding hydrogens is 272 g/mol. The number of esters is 2. The minimum atomic E-state index is -0.469. The van der Waals surface area contributed by atoms with Gasteiger partial charge in [0.25, 0.3) is 0 Å². The van der Waals surface area contributed by atoms with Gasteiger partial charge < -0.3 is 14.2 Å². The van der Waals surface area contributed by atoms with E-state index in [0.29, 0.717) is 18.8 Å². The summed E-state index contributed by atoms with van der Waals surface area (Å²) in [4.78, 5) is 21.7. The molecule has 0 atom stereocenters. The molecule has 1 rings (SSSR count). The highest BCUT2D eigenvalue weighted by Gasteiger charge is 2.00. The number of hydrogen-bond acceptors (Lipinski definition) is 5. The first-order valence-electron chi connectivity index (χ1n) is 6.46. The fourth-order valence-corrected chi connectivity index (χ4v) is 1.44. The molecule has 0 fully saturated rings. The van der Waals surface area contributed by atoms with Gasteiger partial charge in [-0.3, -0.25) is 0 Å². The van der Waals surface area contributed by atoms with Crippen molar-refractivity contribution >= 4 is 11.9 Å². The summed E-state index contributed by atoms with van der Waals surface area (Å²) in [6, 6.07) is 7.37. The first kappa shape index (κ1) is 16.5. The van der Waals surface area contributed by atoms with E-state index in [2.05, 4.69) is 13.2 Å². The third-order valence-corrected chi connectivity index (χ3v) is 2.49. The molecule has 0 heterocycles. The molecule has 0 aliphatic heterocycles. The van der Waals surface area contributed by atoms with Crippen LogP contribution in [0.15, 0.2) is 49.6 Å². The van der Waals surface area contributed by atoms with Crippen LogP contribution in [0.1, 0.15) is 5.56 Å². The zero-order chi connectivity index (χ0) is 15.5. The number of carbonyl (C=O) groups excluding carboxylic acids is 2. The average Bonchev–Trinajstić information content (AvgIpc) is 2.52. The Kier molecular flexibility index (Phi) is 7.35. The van der Waals surface area contributed by atoms with Crippen LogP contribution < -0.4 is 4.74 Å². The normalized spacial score (nSPS) is 9.52. The second kappa shape index (κ2) is 9.36. The molecule has 0 spiro atoms. The lowest BCUT2D eigenvalue weighted by atomic mass is 10.1. The van der Waals surface area contributed by atoms with E-state index in [4.69, 9.17) is 14.2 Å². The number of carbonyl (C=O) groups is 2. The van der Waals surface area contributed by atoms with Crippen LogP contribution in [0, 0.1) is 0 Å². The SMILES string of the molecule is C=CC(=O)OCCOc1ccc(CCOC(=O)C=C)cc1. The van der Waals surface area contributed by atoms with Crippen molar-refractivity contribution in [2.75, 3.05) is 19.8 Å². The number of hydrogen-bond donors (Lipinski definition) is 0. The Balaban J connectivity index is 2.26. The first-order valence-corrected chi connectivity index (χ1v) is 6.46. The van der Waals surface area contributed by atoms with E-state index in [-0.39, 0.29) is 13.2 Å². The van der Waals surface area contributed by atoms with E-state index < -0.39 is 11.9 Å². The van der Waals surface area contributed by atoms with Gasteiger partial charge in [0, 0.05) is 18.6 Å². The van der Waals surface area contributed by atoms with Gasteiger partial charge in [0.05, 0.1) is 6.61 Å². The molecule has 112 valence electrons. The Bertz CT molecular complexity index is 490. The molecule has 0 bridgehead atoms. The maximum Gasteiger partial charge on any atom is 0.330 e. The van der Waals surface area contributed by atoms with Gasteiger partial charge in [-0.05, 0) is 17.7 Å². The van der Waals surface area contributed by atoms with Crippen molar-refractivity contribution < 1.29 is 23.8 Å². The number of ether oxygens (including phenoxy) is 3. The molecule has 0 radical (unpaired) electrons. The van der Waals surface area contributed by atoms with E-state index in [1.54, 1.807) is 12.1 Å². The maximum absolute atomic E-state index is 10.9. The average molecular weight is 290 g/mol. The third-order valence-electron chi connectivity index (χ3n) is 2.49. The topological polar surface area (TPSA) is 61.8 Å². The molecule has 0 saturated heterocycles. The standard InChI is InChI=1S/C16H18O5/c1-3-15(17)20-10-9-13-5-7-14(8-6-13)19-11-12-21-16(18)4-2/h3-8H,1-2,9-12H2. The highest BCUT2D eigenvalue weighted by molar-refractivity contribution is 5.81. The Morgan fingerprint density at radius 1 is 0.905 bits per heavy atom. The predicted octanol–water partition coefficient (Wildman–Crippen LogP) is 2.07. The fourth-order valence-electron chi connectivity index (χ4n) is 1.44. The molecule has 0 unspecified atom stereocenters. The third kappa shape index (κ3) is 6.96. The van der Waals surface area contributed by atoms with Crippen molar-refractivity contribution in [3.63, 3.8) is 0 Å². The Morgan fingerprint density at radius 3 is 2.05 bits per heavy atom. The molecule has 5 heteroatoms. The monoisotopic (exact) mass is 290 g/mol. The molecule has 1 aromatic rings. The zero-order valence-electron chi connectivity index (χ0n) is 11.7. The minimum Gasteiger partial charge on any atom is -0.490 e. The van der Waals surface area contributed by atoms with Gasteiger partial charge in [-0.25, -0.2) is 9.59 Å². The smallest absolute Gasteiger partial charge is 0.330 e. The number of benzene rings is 1. The molecule has 1 aromatic carbocycles. The largest absolute Gasteiger partial charge is 0.490 e. The highest BCUT2D eigenvalue weighted by Crippen LogP contribution is 2.12. The van der Waals surface area contributed by atoms with Gasteiger partial charge in [-0.1, -0.05) is 25.3 Å². The summed E-state index contributed by atoms with van der Waals surface area (Å²) in [5.74, 6) is -0.219. The van der Waals surface area contributed by atoms with Gasteiger partial charge in [0.2, 0.25) is 0 Å². The Morgan fingerprint density at radius 2 is 1.48 bits per heavy atom. The molecule has 0 saturated carbocycles. The molecule has 0 amide bonds. The van der Waals surface area contributed by atoms with Gasteiger partial charge >= 0.3 is 11.9 Å². The summed E-state index contributed by atoms with van der Waals surface area (Å²) in [5.41, 5.74) is 1.03. The fraction of sp³-hybridized carbons (Fsp3) is 0.250. The molecule has 0 aromatic heterocycles. The van der Waals surface area contributed by atoms with E-state index in [0.717, 1.165) is 17.7 Å². The molecular formula is C16H18O5. The van der Waals surface area contributed by atoms with Crippen LogP contribution in [0.2, 0.25) is 0 Å². The molecule has 21 heavy (non-hydrogen) atoms. The summed E-state index contributed by atoms with van der Waals surface area (Å²) in [6.07, 6.45) is 2.86. The summed E-state index contributed by atoms with van der Waals surface area (Å²) in [7, 11) is 0. The molecule has 0 N–H and O–H groups in total. The van der Waals surface area contributed by atoms with E-state index in [9.17, 15) is 9.59 Å². The van der Waals surface area contributed by atoms with E-state index in [1.165, 1.54) is 0 Å². The van der Waals surface area contributed by atoms with Crippen LogP contribution in [0.25, 0.3) is 0 Å². The molecule has 0 aliphatic carbocycles. The first-order chi connectivity index (χ1) is 10.2. The van der Waals surface area contributed by atoms with Gasteiger partial charge in [-0.2, -0.15) is 0 Å². The maximum atomic E-state index is 10.9. The summed E-state index contributed by atoms with van der Waals surface area (Å²) in [5, 5.41) is 0. The van der Waals surface area contributed by atoms with Crippen molar-refractivity contribution in [2.45, 2.75) is 6.42 Å². The van der Waals surface area contributed by atoms with Crippen LogP contribution in [0.3, 0.4) is 0 Å². The quantitative estimate of drug-likeness (QED) is 0.396. The van der Waals surface area contributed by atoms with Gasteiger partial charge in [-0.15, -0.1) is 0 Å². The minimum absolute atomic E-state index is 0.171. The van der Waals surface area contributed by atoms with Crippen LogP contribution in [0.5, 0.6) is 5.75 Å². The lowest BCUT2D eigenvalue weighted by molar-refractivity contribution is -0.139. The van der Waals surface area contributed by atoms with Crippen molar-refractivity contribution in [1.29, 1.82) is 0 Å². The highest BCUT2D eigenvalue weighted by atomic mass is 16.6.